The Morgan fingerprint density at radius 2 is 2.13 bits per heavy atom. The van der Waals surface area contributed by atoms with Gasteiger partial charge in [0.25, 0.3) is 0 Å². The van der Waals surface area contributed by atoms with Gasteiger partial charge in [-0.15, -0.1) is 0 Å². The summed E-state index contributed by atoms with van der Waals surface area (Å²) in [6.07, 6.45) is 4.26. The predicted octanol–water partition coefficient (Wildman–Crippen LogP) is 2.85. The van der Waals surface area contributed by atoms with Gasteiger partial charge >= 0.3 is 0 Å². The van der Waals surface area contributed by atoms with E-state index in [1.165, 1.54) is 5.56 Å². The van der Waals surface area contributed by atoms with Crippen LogP contribution in [0, 0.1) is 5.92 Å². The Morgan fingerprint density at radius 3 is 2.83 bits per heavy atom. The molecule has 0 bridgehead atoms. The van der Waals surface area contributed by atoms with Crippen molar-refractivity contribution in [3.8, 4) is 0 Å². The number of rotatable bonds is 5. The molecule has 1 N–H and O–H groups in total. The average Bonchev–Trinajstić information content (AvgIpc) is 3.07. The summed E-state index contributed by atoms with van der Waals surface area (Å²) in [5, 5.41) is 3.85. The highest BCUT2D eigenvalue weighted by Crippen LogP contribution is 2.20. The first-order chi connectivity index (χ1) is 11.2. The topological polar surface area (TPSA) is 41.6 Å². The molecule has 2 aliphatic rings. The molecule has 2 fully saturated rings. The minimum atomic E-state index is 0.145. The van der Waals surface area contributed by atoms with Crippen molar-refractivity contribution in [1.29, 1.82) is 0 Å². The number of amides is 1. The summed E-state index contributed by atoms with van der Waals surface area (Å²) >= 11 is 6.03. The lowest BCUT2D eigenvalue weighted by molar-refractivity contribution is -0.127. The number of benzene rings is 1. The molecule has 0 unspecified atom stereocenters. The van der Waals surface area contributed by atoms with Crippen molar-refractivity contribution < 1.29 is 9.53 Å². The van der Waals surface area contributed by atoms with E-state index in [0.29, 0.717) is 6.54 Å². The van der Waals surface area contributed by atoms with E-state index in [1.807, 2.05) is 18.2 Å². The number of ether oxygens (including phenoxy) is 1. The SMILES string of the molecule is O=C(NC[C@@H]1CCCO1)C1CCN(Cc2cccc(Cl)c2)CC1. The number of nitrogens with one attached hydrogen (secondary N) is 1. The Balaban J connectivity index is 1.40. The third-order valence-electron chi connectivity index (χ3n) is 4.78. The first kappa shape index (κ1) is 16.7. The number of hydrogen-bond donors (Lipinski definition) is 1. The van der Waals surface area contributed by atoms with Crippen LogP contribution in [0.1, 0.15) is 31.2 Å². The molecule has 0 aliphatic carbocycles. The minimum absolute atomic E-state index is 0.145. The van der Waals surface area contributed by atoms with E-state index < -0.39 is 0 Å². The van der Waals surface area contributed by atoms with Crippen molar-refractivity contribution in [2.24, 2.45) is 5.92 Å². The monoisotopic (exact) mass is 336 g/mol. The molecule has 0 aromatic heterocycles. The zero-order valence-corrected chi connectivity index (χ0v) is 14.2. The zero-order chi connectivity index (χ0) is 16.1. The van der Waals surface area contributed by atoms with Gasteiger partial charge in [0.2, 0.25) is 5.91 Å². The van der Waals surface area contributed by atoms with Crippen molar-refractivity contribution in [2.45, 2.75) is 38.3 Å². The number of piperidine rings is 1. The lowest BCUT2D eigenvalue weighted by atomic mass is 9.95. The number of nitrogens with zero attached hydrogens (tertiary/aromatic N) is 1. The second kappa shape index (κ2) is 8.13. The van der Waals surface area contributed by atoms with E-state index >= 15 is 0 Å². The Kier molecular flexibility index (Phi) is 5.92. The maximum absolute atomic E-state index is 12.3. The Morgan fingerprint density at radius 1 is 1.30 bits per heavy atom. The van der Waals surface area contributed by atoms with Crippen LogP contribution in [0.3, 0.4) is 0 Å². The molecule has 126 valence electrons. The van der Waals surface area contributed by atoms with Crippen molar-refractivity contribution in [2.75, 3.05) is 26.2 Å². The van der Waals surface area contributed by atoms with Crippen LogP contribution in [0.15, 0.2) is 24.3 Å². The van der Waals surface area contributed by atoms with E-state index in [1.54, 1.807) is 0 Å². The lowest BCUT2D eigenvalue weighted by Gasteiger charge is -2.31. The van der Waals surface area contributed by atoms with E-state index in [4.69, 9.17) is 16.3 Å². The highest BCUT2D eigenvalue weighted by Gasteiger charge is 2.26. The quantitative estimate of drug-likeness (QED) is 0.899. The van der Waals surface area contributed by atoms with Crippen molar-refractivity contribution in [3.05, 3.63) is 34.9 Å². The van der Waals surface area contributed by atoms with E-state index in [-0.39, 0.29) is 17.9 Å². The predicted molar refractivity (Wildman–Crippen MR) is 91.4 cm³/mol. The molecule has 2 saturated heterocycles. The lowest BCUT2D eigenvalue weighted by Crippen LogP contribution is -2.42. The maximum Gasteiger partial charge on any atom is 0.223 e. The number of likely N-dealkylation sites (tertiary alicyclic amines) is 1. The number of carbonyl (C=O) groups excluding carboxylic acids is 1. The van der Waals surface area contributed by atoms with Crippen molar-refractivity contribution in [1.82, 2.24) is 10.2 Å². The Labute approximate surface area is 143 Å². The summed E-state index contributed by atoms with van der Waals surface area (Å²) in [4.78, 5) is 14.7. The third kappa shape index (κ3) is 4.93. The molecule has 1 aromatic carbocycles. The zero-order valence-electron chi connectivity index (χ0n) is 13.5. The van der Waals surface area contributed by atoms with E-state index in [2.05, 4.69) is 16.3 Å². The summed E-state index contributed by atoms with van der Waals surface area (Å²) in [6, 6.07) is 8.01. The smallest absolute Gasteiger partial charge is 0.223 e. The first-order valence-electron chi connectivity index (χ1n) is 8.57. The fourth-order valence-electron chi connectivity index (χ4n) is 3.41. The summed E-state index contributed by atoms with van der Waals surface area (Å²) in [7, 11) is 0. The summed E-state index contributed by atoms with van der Waals surface area (Å²) < 4.78 is 5.55. The molecule has 1 atom stereocenters. The van der Waals surface area contributed by atoms with Gasteiger partial charge in [-0.1, -0.05) is 23.7 Å². The molecule has 0 spiro atoms. The molecule has 3 rings (SSSR count). The molecular weight excluding hydrogens is 312 g/mol. The van der Waals surface area contributed by atoms with Crippen LogP contribution in [0.5, 0.6) is 0 Å². The summed E-state index contributed by atoms with van der Waals surface area (Å²) in [5.41, 5.74) is 1.23. The molecular formula is C18H25ClN2O2. The molecule has 2 heterocycles. The van der Waals surface area contributed by atoms with E-state index in [9.17, 15) is 4.79 Å². The van der Waals surface area contributed by atoms with Gasteiger partial charge in [-0.25, -0.2) is 0 Å². The van der Waals surface area contributed by atoms with Crippen LogP contribution < -0.4 is 5.32 Å². The highest BCUT2D eigenvalue weighted by molar-refractivity contribution is 6.30. The largest absolute Gasteiger partial charge is 0.376 e. The molecule has 0 saturated carbocycles. The minimum Gasteiger partial charge on any atom is -0.376 e. The highest BCUT2D eigenvalue weighted by atomic mass is 35.5. The summed E-state index contributed by atoms with van der Waals surface area (Å²) in [5.74, 6) is 0.343. The van der Waals surface area contributed by atoms with Crippen LogP contribution in [-0.2, 0) is 16.1 Å². The molecule has 2 aliphatic heterocycles. The molecule has 5 heteroatoms. The first-order valence-corrected chi connectivity index (χ1v) is 8.94. The van der Waals surface area contributed by atoms with Gasteiger partial charge in [-0.3, -0.25) is 9.69 Å². The van der Waals surface area contributed by atoms with Gasteiger partial charge in [0.1, 0.15) is 0 Å². The van der Waals surface area contributed by atoms with Gasteiger partial charge in [-0.2, -0.15) is 0 Å². The van der Waals surface area contributed by atoms with Crippen LogP contribution >= 0.6 is 11.6 Å². The van der Waals surface area contributed by atoms with Gasteiger partial charge in [-0.05, 0) is 56.5 Å². The molecule has 1 aromatic rings. The number of halogens is 1. The van der Waals surface area contributed by atoms with Gasteiger partial charge in [0.05, 0.1) is 6.10 Å². The fraction of sp³-hybridized carbons (Fsp3) is 0.611. The van der Waals surface area contributed by atoms with Crippen LogP contribution in [-0.4, -0.2) is 43.2 Å². The Hall–Kier alpha value is -1.10. The average molecular weight is 337 g/mol. The standard InChI is InChI=1S/C18H25ClN2O2/c19-16-4-1-3-14(11-16)13-21-8-6-15(7-9-21)18(22)20-12-17-5-2-10-23-17/h1,3-4,11,15,17H,2,5-10,12-13H2,(H,20,22)/t17-/m0/s1. The van der Waals surface area contributed by atoms with Crippen molar-refractivity contribution in [3.63, 3.8) is 0 Å². The van der Waals surface area contributed by atoms with Crippen molar-refractivity contribution >= 4 is 17.5 Å². The number of carbonyl (C=O) groups is 1. The van der Waals surface area contributed by atoms with Gasteiger partial charge in [0.15, 0.2) is 0 Å². The fourth-order valence-corrected chi connectivity index (χ4v) is 3.62. The van der Waals surface area contributed by atoms with Crippen LogP contribution in [0.4, 0.5) is 0 Å². The molecule has 1 amide bonds. The van der Waals surface area contributed by atoms with E-state index in [0.717, 1.165) is 56.9 Å². The third-order valence-corrected chi connectivity index (χ3v) is 5.02. The van der Waals surface area contributed by atoms with Crippen LogP contribution in [0.2, 0.25) is 5.02 Å². The van der Waals surface area contributed by atoms with Crippen LogP contribution in [0.25, 0.3) is 0 Å². The molecule has 23 heavy (non-hydrogen) atoms. The molecule has 0 radical (unpaired) electrons. The second-order valence-electron chi connectivity index (χ2n) is 6.56. The Bertz CT molecular complexity index is 524. The summed E-state index contributed by atoms with van der Waals surface area (Å²) in [6.45, 7) is 4.34. The normalized spacial score (nSPS) is 23.1. The maximum atomic E-state index is 12.3. The molecule has 4 nitrogen and oxygen atoms in total. The second-order valence-corrected chi connectivity index (χ2v) is 7.00. The van der Waals surface area contributed by atoms with Gasteiger partial charge in [0, 0.05) is 30.6 Å². The number of hydrogen-bond acceptors (Lipinski definition) is 3. The van der Waals surface area contributed by atoms with Gasteiger partial charge < -0.3 is 10.1 Å².